The van der Waals surface area contributed by atoms with Crippen molar-refractivity contribution in [1.29, 1.82) is 0 Å². The first-order chi connectivity index (χ1) is 9.28. The summed E-state index contributed by atoms with van der Waals surface area (Å²) in [6.45, 7) is 0.234. The number of nitrogens with zero attached hydrogens (tertiary/aromatic N) is 6. The Hall–Kier alpha value is -2.81. The molecule has 9 nitrogen and oxygen atoms in total. The third-order valence-corrected chi connectivity index (χ3v) is 2.55. The zero-order chi connectivity index (χ0) is 13.2. The molecule has 0 radical (unpaired) electrons. The van der Waals surface area contributed by atoms with Crippen LogP contribution in [0.25, 0.3) is 5.65 Å². The van der Waals surface area contributed by atoms with Crippen molar-refractivity contribution in [3.8, 4) is 0 Å². The molecule has 0 aliphatic carbocycles. The van der Waals surface area contributed by atoms with E-state index in [2.05, 4.69) is 25.5 Å². The molecule has 96 valence electrons. The first-order valence-corrected chi connectivity index (χ1v) is 5.44. The molecule has 3 N–H and O–H groups in total. The third kappa shape index (κ3) is 2.02. The van der Waals surface area contributed by atoms with Crippen LogP contribution in [0.1, 0.15) is 5.69 Å². The largest absolute Gasteiger partial charge is 0.350 e. The van der Waals surface area contributed by atoms with Gasteiger partial charge in [0, 0.05) is 12.4 Å². The lowest BCUT2D eigenvalue weighted by Gasteiger charge is -2.00. The molecule has 19 heavy (non-hydrogen) atoms. The number of hydrogen-bond donors (Lipinski definition) is 2. The Morgan fingerprint density at radius 1 is 1.26 bits per heavy atom. The van der Waals surface area contributed by atoms with Crippen molar-refractivity contribution in [1.82, 2.24) is 29.1 Å². The number of nitrogens with two attached hydrogens (primary N) is 1. The molecule has 3 rings (SSSR count). The summed E-state index contributed by atoms with van der Waals surface area (Å²) >= 11 is 0. The molecule has 3 aromatic rings. The molecule has 0 fully saturated rings. The maximum atomic E-state index is 12.0. The van der Waals surface area contributed by atoms with Gasteiger partial charge < -0.3 is 5.43 Å². The second-order valence-corrected chi connectivity index (χ2v) is 3.78. The summed E-state index contributed by atoms with van der Waals surface area (Å²) in [5, 5.41) is 4.15. The highest BCUT2D eigenvalue weighted by atomic mass is 16.2. The fourth-order valence-electron chi connectivity index (χ4n) is 1.65. The fraction of sp³-hybridized carbons (Fsp3) is 0.100. The average molecular weight is 258 g/mol. The summed E-state index contributed by atoms with van der Waals surface area (Å²) in [5.41, 5.74) is 3.23. The Kier molecular flexibility index (Phi) is 2.65. The molecular formula is C10H10N8O. The van der Waals surface area contributed by atoms with Crippen LogP contribution in [0.4, 0.5) is 5.82 Å². The Morgan fingerprint density at radius 2 is 2.16 bits per heavy atom. The second-order valence-electron chi connectivity index (χ2n) is 3.78. The summed E-state index contributed by atoms with van der Waals surface area (Å²) in [7, 11) is 0. The van der Waals surface area contributed by atoms with Gasteiger partial charge in [0.25, 0.3) is 0 Å². The average Bonchev–Trinajstić information content (AvgIpc) is 2.77. The van der Waals surface area contributed by atoms with Crippen LogP contribution < -0.4 is 17.0 Å². The van der Waals surface area contributed by atoms with Crippen LogP contribution in [0.2, 0.25) is 0 Å². The van der Waals surface area contributed by atoms with E-state index in [-0.39, 0.29) is 12.2 Å². The van der Waals surface area contributed by atoms with Crippen molar-refractivity contribution < 1.29 is 0 Å². The number of nitrogen functional groups attached to an aromatic ring is 1. The normalized spacial score (nSPS) is 10.8. The van der Waals surface area contributed by atoms with Crippen LogP contribution in [0.3, 0.4) is 0 Å². The van der Waals surface area contributed by atoms with Gasteiger partial charge in [0.2, 0.25) is 0 Å². The predicted molar refractivity (Wildman–Crippen MR) is 66.2 cm³/mol. The standard InChI is InChI=1S/C10H10N8O/c11-15-8-4-13-7(3-14-8)6-18-10(19)17-2-1-12-5-9(17)16-18/h1-5H,6,11H2,(H,14,15). The predicted octanol–water partition coefficient (Wildman–Crippen LogP) is -0.985. The van der Waals surface area contributed by atoms with Gasteiger partial charge in [0.15, 0.2) is 11.5 Å². The highest BCUT2D eigenvalue weighted by Gasteiger charge is 2.07. The minimum atomic E-state index is -0.250. The van der Waals surface area contributed by atoms with Gasteiger partial charge in [-0.15, -0.1) is 5.10 Å². The number of nitrogens with one attached hydrogen (secondary N) is 1. The van der Waals surface area contributed by atoms with Gasteiger partial charge in [-0.05, 0) is 0 Å². The van der Waals surface area contributed by atoms with Crippen molar-refractivity contribution in [3.05, 3.63) is 47.2 Å². The molecule has 0 bridgehead atoms. The number of fused-ring (bicyclic) bond motifs is 1. The Labute approximate surface area is 106 Å². The lowest BCUT2D eigenvalue weighted by atomic mass is 10.4. The topological polar surface area (TPSA) is 116 Å². The zero-order valence-electron chi connectivity index (χ0n) is 9.76. The van der Waals surface area contributed by atoms with Crippen LogP contribution in [0, 0.1) is 0 Å². The highest BCUT2D eigenvalue weighted by molar-refractivity contribution is 5.32. The maximum Gasteiger partial charge on any atom is 0.350 e. The molecule has 3 heterocycles. The summed E-state index contributed by atoms with van der Waals surface area (Å²) in [4.78, 5) is 24.1. The fourth-order valence-corrected chi connectivity index (χ4v) is 1.65. The summed E-state index contributed by atoms with van der Waals surface area (Å²) in [6.07, 6.45) is 7.63. The lowest BCUT2D eigenvalue weighted by molar-refractivity contribution is 0.644. The van der Waals surface area contributed by atoms with Crippen molar-refractivity contribution >= 4 is 11.5 Å². The Balaban J connectivity index is 1.96. The van der Waals surface area contributed by atoms with Gasteiger partial charge >= 0.3 is 5.69 Å². The van der Waals surface area contributed by atoms with Gasteiger partial charge in [-0.2, -0.15) is 0 Å². The van der Waals surface area contributed by atoms with Crippen LogP contribution in [0.15, 0.2) is 35.8 Å². The van der Waals surface area contributed by atoms with Crippen LogP contribution >= 0.6 is 0 Å². The molecule has 0 saturated carbocycles. The molecule has 0 aliphatic rings. The van der Waals surface area contributed by atoms with E-state index in [1.54, 1.807) is 6.20 Å². The number of hydrogen-bond acceptors (Lipinski definition) is 7. The van der Waals surface area contributed by atoms with Crippen molar-refractivity contribution in [2.24, 2.45) is 5.84 Å². The molecule has 3 aromatic heterocycles. The number of aromatic nitrogens is 6. The van der Waals surface area contributed by atoms with Gasteiger partial charge in [-0.25, -0.2) is 24.7 Å². The molecular weight excluding hydrogens is 248 g/mol. The van der Waals surface area contributed by atoms with Gasteiger partial charge in [0.1, 0.15) is 0 Å². The smallest absolute Gasteiger partial charge is 0.307 e. The number of anilines is 1. The van der Waals surface area contributed by atoms with Crippen LogP contribution in [0.5, 0.6) is 0 Å². The highest BCUT2D eigenvalue weighted by Crippen LogP contribution is 2.00. The van der Waals surface area contributed by atoms with Crippen molar-refractivity contribution in [2.45, 2.75) is 6.54 Å². The van der Waals surface area contributed by atoms with E-state index in [1.165, 1.54) is 33.9 Å². The molecule has 0 amide bonds. The van der Waals surface area contributed by atoms with Crippen molar-refractivity contribution in [2.75, 3.05) is 5.43 Å². The molecule has 0 aliphatic heterocycles. The minimum Gasteiger partial charge on any atom is -0.307 e. The first-order valence-electron chi connectivity index (χ1n) is 5.44. The number of rotatable bonds is 3. The van der Waals surface area contributed by atoms with E-state index < -0.39 is 0 Å². The van der Waals surface area contributed by atoms with E-state index in [4.69, 9.17) is 5.84 Å². The molecule has 0 saturated heterocycles. The Morgan fingerprint density at radius 3 is 2.84 bits per heavy atom. The maximum absolute atomic E-state index is 12.0. The van der Waals surface area contributed by atoms with Crippen LogP contribution in [-0.2, 0) is 6.54 Å². The van der Waals surface area contributed by atoms with Gasteiger partial charge in [-0.3, -0.25) is 9.97 Å². The number of hydrazine groups is 1. The van der Waals surface area contributed by atoms with E-state index in [1.807, 2.05) is 0 Å². The lowest BCUT2D eigenvalue weighted by Crippen LogP contribution is -2.22. The van der Waals surface area contributed by atoms with E-state index in [9.17, 15) is 4.79 Å². The zero-order valence-corrected chi connectivity index (χ0v) is 9.76. The molecule has 0 spiro atoms. The summed E-state index contributed by atoms with van der Waals surface area (Å²) < 4.78 is 2.72. The van der Waals surface area contributed by atoms with E-state index >= 15 is 0 Å². The van der Waals surface area contributed by atoms with Gasteiger partial charge in [-0.1, -0.05) is 0 Å². The minimum absolute atomic E-state index is 0.234. The molecule has 9 heteroatoms. The Bertz CT molecular complexity index is 759. The second kappa shape index (κ2) is 4.46. The molecule has 0 atom stereocenters. The summed E-state index contributed by atoms with van der Waals surface area (Å²) in [5.74, 6) is 5.65. The van der Waals surface area contributed by atoms with E-state index in [0.717, 1.165) is 0 Å². The third-order valence-electron chi connectivity index (χ3n) is 2.55. The monoisotopic (exact) mass is 258 g/mol. The van der Waals surface area contributed by atoms with Crippen LogP contribution in [-0.4, -0.2) is 29.1 Å². The quantitative estimate of drug-likeness (QED) is 0.458. The van der Waals surface area contributed by atoms with Crippen molar-refractivity contribution in [3.63, 3.8) is 0 Å². The van der Waals surface area contributed by atoms with Gasteiger partial charge in [0.05, 0.1) is 30.8 Å². The first kappa shape index (κ1) is 11.3. The SMILES string of the molecule is NNc1cnc(Cn2nc3cnccn3c2=O)cn1. The van der Waals surface area contributed by atoms with E-state index in [0.29, 0.717) is 17.2 Å². The summed E-state index contributed by atoms with van der Waals surface area (Å²) in [6, 6.07) is 0. The molecule has 0 unspecified atom stereocenters. The molecule has 0 aromatic carbocycles.